The molecule has 1 aromatic heterocycles. The van der Waals surface area contributed by atoms with Crippen LogP contribution in [0.3, 0.4) is 0 Å². The van der Waals surface area contributed by atoms with E-state index in [1.807, 2.05) is 0 Å². The first kappa shape index (κ1) is 25.6. The van der Waals surface area contributed by atoms with Crippen molar-refractivity contribution in [3.63, 3.8) is 0 Å². The number of methoxy groups -OCH3 is 1. The number of benzene rings is 8. The van der Waals surface area contributed by atoms with Gasteiger partial charge in [0.25, 0.3) is 0 Å². The first-order chi connectivity index (χ1) is 22.3. The molecule has 1 heterocycles. The Balaban J connectivity index is 1.26. The quantitative estimate of drug-likeness (QED) is 0.190. The Labute approximate surface area is 261 Å². The fourth-order valence-electron chi connectivity index (χ4n) is 7.26. The molecule has 0 bridgehead atoms. The summed E-state index contributed by atoms with van der Waals surface area (Å²) in [6.45, 7) is 0. The summed E-state index contributed by atoms with van der Waals surface area (Å²) in [5, 5.41) is 10.1. The second-order valence-corrected chi connectivity index (χ2v) is 11.7. The predicted molar refractivity (Wildman–Crippen MR) is 191 cm³/mol. The monoisotopic (exact) mass is 575 g/mol. The molecule has 2 heteroatoms. The van der Waals surface area contributed by atoms with Crippen molar-refractivity contribution in [2.45, 2.75) is 0 Å². The zero-order valence-corrected chi connectivity index (χ0v) is 24.9. The SMILES string of the molecule is COc1cc(-c2ccc3c4ccccc4c4ccccc4c3c2)ccc1-c1cccc2c3ccccc3n(-c3ccccc3)c12. The molecule has 0 saturated carbocycles. The van der Waals surface area contributed by atoms with Crippen molar-refractivity contribution in [2.75, 3.05) is 7.11 Å². The van der Waals surface area contributed by atoms with Crippen LogP contribution in [0, 0.1) is 0 Å². The molecular weight excluding hydrogens is 546 g/mol. The molecule has 0 unspecified atom stereocenters. The van der Waals surface area contributed by atoms with E-state index in [4.69, 9.17) is 4.74 Å². The smallest absolute Gasteiger partial charge is 0.127 e. The number of hydrogen-bond acceptors (Lipinski definition) is 1. The van der Waals surface area contributed by atoms with Crippen molar-refractivity contribution in [2.24, 2.45) is 0 Å². The maximum absolute atomic E-state index is 6.14. The van der Waals surface area contributed by atoms with Gasteiger partial charge in [-0.25, -0.2) is 0 Å². The van der Waals surface area contributed by atoms with Crippen molar-refractivity contribution in [3.8, 4) is 33.7 Å². The minimum absolute atomic E-state index is 0.855. The molecule has 0 aliphatic heterocycles. The van der Waals surface area contributed by atoms with Crippen LogP contribution in [0.15, 0.2) is 158 Å². The van der Waals surface area contributed by atoms with Crippen LogP contribution in [0.4, 0.5) is 0 Å². The summed E-state index contributed by atoms with van der Waals surface area (Å²) in [4.78, 5) is 0. The van der Waals surface area contributed by atoms with Gasteiger partial charge in [-0.05, 0) is 79.8 Å². The third-order valence-electron chi connectivity index (χ3n) is 9.28. The number of aromatic nitrogens is 1. The van der Waals surface area contributed by atoms with Gasteiger partial charge in [0.05, 0.1) is 18.1 Å². The lowest BCUT2D eigenvalue weighted by atomic mass is 9.91. The normalized spacial score (nSPS) is 11.7. The summed E-state index contributed by atoms with van der Waals surface area (Å²) >= 11 is 0. The highest BCUT2D eigenvalue weighted by atomic mass is 16.5. The lowest BCUT2D eigenvalue weighted by Crippen LogP contribution is -1.96. The van der Waals surface area contributed by atoms with Crippen LogP contribution in [0.25, 0.3) is 82.1 Å². The Morgan fingerprint density at radius 2 is 0.956 bits per heavy atom. The average Bonchev–Trinajstić information content (AvgIpc) is 3.46. The number of fused-ring (bicyclic) bond motifs is 9. The molecule has 0 fully saturated rings. The van der Waals surface area contributed by atoms with Crippen molar-refractivity contribution in [1.82, 2.24) is 4.57 Å². The molecule has 9 aromatic rings. The van der Waals surface area contributed by atoms with Gasteiger partial charge < -0.3 is 9.30 Å². The summed E-state index contributed by atoms with van der Waals surface area (Å²) in [5.41, 5.74) is 8.03. The third-order valence-corrected chi connectivity index (χ3v) is 9.28. The van der Waals surface area contributed by atoms with Crippen LogP contribution in [-0.2, 0) is 0 Å². The van der Waals surface area contributed by atoms with E-state index in [1.165, 1.54) is 59.7 Å². The molecule has 0 radical (unpaired) electrons. The van der Waals surface area contributed by atoms with Gasteiger partial charge in [-0.1, -0.05) is 121 Å². The fourth-order valence-corrected chi connectivity index (χ4v) is 7.26. The van der Waals surface area contributed by atoms with Gasteiger partial charge in [-0.15, -0.1) is 0 Å². The fraction of sp³-hybridized carbons (Fsp3) is 0.0233. The molecule has 2 nitrogen and oxygen atoms in total. The predicted octanol–water partition coefficient (Wildman–Crippen LogP) is 11.6. The first-order valence-corrected chi connectivity index (χ1v) is 15.4. The lowest BCUT2D eigenvalue weighted by molar-refractivity contribution is 0.416. The molecular formula is C43H29NO. The van der Waals surface area contributed by atoms with E-state index in [-0.39, 0.29) is 0 Å². The van der Waals surface area contributed by atoms with Gasteiger partial charge in [0.2, 0.25) is 0 Å². The number of rotatable bonds is 4. The van der Waals surface area contributed by atoms with Crippen LogP contribution < -0.4 is 4.74 Å². The van der Waals surface area contributed by atoms with Crippen molar-refractivity contribution >= 4 is 54.1 Å². The maximum atomic E-state index is 6.14. The molecule has 0 atom stereocenters. The summed E-state index contributed by atoms with van der Waals surface area (Å²) < 4.78 is 8.52. The molecule has 9 rings (SSSR count). The molecule has 0 saturated heterocycles. The molecule has 8 aromatic carbocycles. The van der Waals surface area contributed by atoms with Crippen LogP contribution in [0.5, 0.6) is 5.75 Å². The van der Waals surface area contributed by atoms with E-state index in [0.717, 1.165) is 28.1 Å². The van der Waals surface area contributed by atoms with Crippen LogP contribution >= 0.6 is 0 Å². The van der Waals surface area contributed by atoms with Crippen LogP contribution in [0.1, 0.15) is 0 Å². The van der Waals surface area contributed by atoms with Gasteiger partial charge in [-0.2, -0.15) is 0 Å². The molecule has 0 N–H and O–H groups in total. The topological polar surface area (TPSA) is 14.2 Å². The van der Waals surface area contributed by atoms with E-state index in [0.29, 0.717) is 0 Å². The Morgan fingerprint density at radius 1 is 0.400 bits per heavy atom. The Morgan fingerprint density at radius 3 is 1.67 bits per heavy atom. The van der Waals surface area contributed by atoms with Gasteiger partial charge in [0, 0.05) is 27.6 Å². The lowest BCUT2D eigenvalue weighted by Gasteiger charge is -2.16. The Bertz CT molecular complexity index is 2540. The van der Waals surface area contributed by atoms with Gasteiger partial charge in [0.15, 0.2) is 0 Å². The highest BCUT2D eigenvalue weighted by Gasteiger charge is 2.19. The average molecular weight is 576 g/mol. The van der Waals surface area contributed by atoms with Gasteiger partial charge >= 0.3 is 0 Å². The summed E-state index contributed by atoms with van der Waals surface area (Å²) in [5.74, 6) is 0.855. The van der Waals surface area contributed by atoms with Crippen LogP contribution in [0.2, 0.25) is 0 Å². The zero-order chi connectivity index (χ0) is 29.9. The van der Waals surface area contributed by atoms with Crippen molar-refractivity contribution < 1.29 is 4.74 Å². The molecule has 0 amide bonds. The largest absolute Gasteiger partial charge is 0.496 e. The van der Waals surface area contributed by atoms with E-state index in [1.54, 1.807) is 7.11 Å². The third kappa shape index (κ3) is 3.89. The zero-order valence-electron chi connectivity index (χ0n) is 24.9. The molecule has 0 aliphatic carbocycles. The van der Waals surface area contributed by atoms with E-state index in [2.05, 4.69) is 162 Å². The number of ether oxygens (including phenoxy) is 1. The van der Waals surface area contributed by atoms with E-state index >= 15 is 0 Å². The number of para-hydroxylation sites is 3. The molecule has 0 aliphatic rings. The number of nitrogens with zero attached hydrogens (tertiary/aromatic N) is 1. The van der Waals surface area contributed by atoms with Gasteiger partial charge in [0.1, 0.15) is 5.75 Å². The Hall–Kier alpha value is -5.86. The maximum Gasteiger partial charge on any atom is 0.127 e. The van der Waals surface area contributed by atoms with Crippen LogP contribution in [-0.4, -0.2) is 11.7 Å². The highest BCUT2D eigenvalue weighted by molar-refractivity contribution is 6.25. The standard InChI is InChI=1S/C43H29NO/c1-45-42-27-29(28-22-24-35-33-16-6-5-14-31(33)32-15-7-8-17-34(32)40(35)26-28)23-25-37(42)39-20-11-19-38-36-18-9-10-21-41(36)44(43(38)39)30-12-3-2-4-13-30/h2-27H,1H3. The van der Waals surface area contributed by atoms with E-state index < -0.39 is 0 Å². The second-order valence-electron chi connectivity index (χ2n) is 11.7. The molecule has 212 valence electrons. The second kappa shape index (κ2) is 10.1. The highest BCUT2D eigenvalue weighted by Crippen LogP contribution is 2.43. The minimum Gasteiger partial charge on any atom is -0.496 e. The molecule has 45 heavy (non-hydrogen) atoms. The Kier molecular flexibility index (Phi) is 5.76. The first-order valence-electron chi connectivity index (χ1n) is 15.4. The molecule has 0 spiro atoms. The van der Waals surface area contributed by atoms with Crippen molar-refractivity contribution in [3.05, 3.63) is 158 Å². The number of hydrogen-bond donors (Lipinski definition) is 0. The van der Waals surface area contributed by atoms with E-state index in [9.17, 15) is 0 Å². The summed E-state index contributed by atoms with van der Waals surface area (Å²) in [7, 11) is 1.77. The van der Waals surface area contributed by atoms with Crippen molar-refractivity contribution in [1.29, 1.82) is 0 Å². The summed E-state index contributed by atoms with van der Waals surface area (Å²) in [6.07, 6.45) is 0. The minimum atomic E-state index is 0.855. The summed E-state index contributed by atoms with van der Waals surface area (Å²) in [6, 6.07) is 56.8. The van der Waals surface area contributed by atoms with Gasteiger partial charge in [-0.3, -0.25) is 0 Å².